The van der Waals surface area contributed by atoms with Crippen LogP contribution in [0.5, 0.6) is 0 Å². The molecule has 2 amide bonds. The van der Waals surface area contributed by atoms with Gasteiger partial charge in [-0.05, 0) is 31.8 Å². The van der Waals surface area contributed by atoms with Crippen LogP contribution in [0.4, 0.5) is 0 Å². The molecule has 2 unspecified atom stereocenters. The number of piperidine rings is 1. The highest BCUT2D eigenvalue weighted by Crippen LogP contribution is 2.32. The number of nitrogens with zero attached hydrogens (tertiary/aromatic N) is 4. The lowest BCUT2D eigenvalue weighted by atomic mass is 9.95. The molecule has 0 aliphatic carbocycles. The summed E-state index contributed by atoms with van der Waals surface area (Å²) in [6.07, 6.45) is 6.96. The van der Waals surface area contributed by atoms with E-state index in [2.05, 4.69) is 16.7 Å². The normalized spacial score (nSPS) is 24.0. The van der Waals surface area contributed by atoms with Gasteiger partial charge in [-0.2, -0.15) is 4.98 Å². The molecule has 1 aromatic rings. The van der Waals surface area contributed by atoms with E-state index < -0.39 is 0 Å². The third-order valence-electron chi connectivity index (χ3n) is 5.54. The van der Waals surface area contributed by atoms with Crippen LogP contribution in [-0.2, 0) is 9.59 Å². The van der Waals surface area contributed by atoms with Gasteiger partial charge >= 0.3 is 0 Å². The lowest BCUT2D eigenvalue weighted by Crippen LogP contribution is -2.47. The van der Waals surface area contributed by atoms with Gasteiger partial charge in [0, 0.05) is 25.6 Å². The van der Waals surface area contributed by atoms with Gasteiger partial charge in [0.25, 0.3) is 0 Å². The molecular weight excluding hydrogens is 344 g/mol. The first-order chi connectivity index (χ1) is 13.0. The van der Waals surface area contributed by atoms with Crippen LogP contribution in [0.15, 0.2) is 17.2 Å². The summed E-state index contributed by atoms with van der Waals surface area (Å²) < 4.78 is 5.39. The van der Waals surface area contributed by atoms with Gasteiger partial charge in [0.15, 0.2) is 5.82 Å². The maximum absolute atomic E-state index is 13.4. The van der Waals surface area contributed by atoms with Crippen molar-refractivity contribution in [2.75, 3.05) is 19.6 Å². The SMILES string of the molecule is C=CC(=O)N1CCCC(C(=O)N2CCCCCC2c2noc(C(C)C)n2)C1. The van der Waals surface area contributed by atoms with Crippen LogP contribution in [0.1, 0.15) is 76.0 Å². The summed E-state index contributed by atoms with van der Waals surface area (Å²) in [4.78, 5) is 33.6. The number of hydrogen-bond acceptors (Lipinski definition) is 5. The van der Waals surface area contributed by atoms with E-state index in [1.54, 1.807) is 4.90 Å². The van der Waals surface area contributed by atoms with Gasteiger partial charge < -0.3 is 14.3 Å². The zero-order valence-corrected chi connectivity index (χ0v) is 16.4. The van der Waals surface area contributed by atoms with Crippen LogP contribution in [0.3, 0.4) is 0 Å². The van der Waals surface area contributed by atoms with Gasteiger partial charge in [0.1, 0.15) is 0 Å². The molecule has 0 aromatic carbocycles. The van der Waals surface area contributed by atoms with Crippen molar-refractivity contribution in [1.29, 1.82) is 0 Å². The largest absolute Gasteiger partial charge is 0.339 e. The second-order valence-corrected chi connectivity index (χ2v) is 7.87. The molecule has 3 rings (SSSR count). The topological polar surface area (TPSA) is 79.5 Å². The van der Waals surface area contributed by atoms with Crippen molar-refractivity contribution in [1.82, 2.24) is 19.9 Å². The fraction of sp³-hybridized carbons (Fsp3) is 0.700. The molecule has 2 atom stereocenters. The Hall–Kier alpha value is -2.18. The zero-order valence-electron chi connectivity index (χ0n) is 16.4. The minimum absolute atomic E-state index is 0.0975. The number of carbonyl (C=O) groups excluding carboxylic acids is 2. The van der Waals surface area contributed by atoms with Crippen LogP contribution in [0.25, 0.3) is 0 Å². The molecule has 0 saturated carbocycles. The van der Waals surface area contributed by atoms with Gasteiger partial charge in [-0.3, -0.25) is 9.59 Å². The number of likely N-dealkylation sites (tertiary alicyclic amines) is 2. The van der Waals surface area contributed by atoms with Crippen LogP contribution in [-0.4, -0.2) is 51.4 Å². The summed E-state index contributed by atoms with van der Waals surface area (Å²) in [5.41, 5.74) is 0. The van der Waals surface area contributed by atoms with Crippen LogP contribution in [0, 0.1) is 5.92 Å². The van der Waals surface area contributed by atoms with Gasteiger partial charge in [-0.15, -0.1) is 0 Å². The van der Waals surface area contributed by atoms with Gasteiger partial charge in [0.05, 0.1) is 12.0 Å². The predicted octanol–water partition coefficient (Wildman–Crippen LogP) is 3.06. The predicted molar refractivity (Wildman–Crippen MR) is 101 cm³/mol. The van der Waals surface area contributed by atoms with Gasteiger partial charge in [-0.1, -0.05) is 38.4 Å². The van der Waals surface area contributed by atoms with E-state index in [4.69, 9.17) is 4.52 Å². The van der Waals surface area contributed by atoms with Crippen molar-refractivity contribution < 1.29 is 14.1 Å². The van der Waals surface area contributed by atoms with E-state index in [0.717, 1.165) is 38.5 Å². The lowest BCUT2D eigenvalue weighted by molar-refractivity contribution is -0.141. The molecule has 7 heteroatoms. The van der Waals surface area contributed by atoms with Crippen LogP contribution < -0.4 is 0 Å². The number of amides is 2. The Morgan fingerprint density at radius 1 is 1.19 bits per heavy atom. The summed E-state index contributed by atoms with van der Waals surface area (Å²) in [5, 5.41) is 4.18. The average molecular weight is 374 g/mol. The van der Waals surface area contributed by atoms with E-state index in [1.165, 1.54) is 6.08 Å². The molecule has 27 heavy (non-hydrogen) atoms. The second kappa shape index (κ2) is 8.67. The van der Waals surface area contributed by atoms with Gasteiger partial charge in [0.2, 0.25) is 17.7 Å². The minimum Gasteiger partial charge on any atom is -0.339 e. The fourth-order valence-electron chi connectivity index (χ4n) is 4.00. The monoisotopic (exact) mass is 374 g/mol. The van der Waals surface area contributed by atoms with Crippen molar-refractivity contribution in [2.24, 2.45) is 5.92 Å². The highest BCUT2D eigenvalue weighted by Gasteiger charge is 2.36. The molecule has 2 aliphatic heterocycles. The van der Waals surface area contributed by atoms with Crippen molar-refractivity contribution in [3.8, 4) is 0 Å². The molecule has 0 bridgehead atoms. The summed E-state index contributed by atoms with van der Waals surface area (Å²) in [7, 11) is 0. The quantitative estimate of drug-likeness (QED) is 0.757. The Balaban J connectivity index is 1.78. The first-order valence-corrected chi connectivity index (χ1v) is 10.1. The maximum Gasteiger partial charge on any atom is 0.245 e. The standard InChI is InChI=1S/C20H30N4O3/c1-4-17(25)23-11-8-9-15(13-23)20(26)24-12-7-5-6-10-16(24)18-21-19(14(2)3)27-22-18/h4,14-16H,1,5-13H2,2-3H3. The Morgan fingerprint density at radius 2 is 2.00 bits per heavy atom. The number of carbonyl (C=O) groups is 2. The molecule has 2 saturated heterocycles. The molecule has 0 spiro atoms. The third kappa shape index (κ3) is 4.39. The Morgan fingerprint density at radius 3 is 2.70 bits per heavy atom. The minimum atomic E-state index is -0.167. The highest BCUT2D eigenvalue weighted by atomic mass is 16.5. The third-order valence-corrected chi connectivity index (χ3v) is 5.54. The number of hydrogen-bond donors (Lipinski definition) is 0. The second-order valence-electron chi connectivity index (χ2n) is 7.87. The van der Waals surface area contributed by atoms with Crippen LogP contribution >= 0.6 is 0 Å². The maximum atomic E-state index is 13.4. The zero-order chi connectivity index (χ0) is 19.4. The molecule has 3 heterocycles. The van der Waals surface area contributed by atoms with Crippen molar-refractivity contribution in [2.45, 2.75) is 64.3 Å². The highest BCUT2D eigenvalue weighted by molar-refractivity contribution is 5.88. The smallest absolute Gasteiger partial charge is 0.245 e. The summed E-state index contributed by atoms with van der Waals surface area (Å²) in [6, 6.07) is -0.137. The van der Waals surface area contributed by atoms with Crippen molar-refractivity contribution in [3.05, 3.63) is 24.4 Å². The summed E-state index contributed by atoms with van der Waals surface area (Å²) in [5.74, 6) is 1.24. The van der Waals surface area contributed by atoms with Crippen molar-refractivity contribution >= 4 is 11.8 Å². The summed E-state index contributed by atoms with van der Waals surface area (Å²) in [6.45, 7) is 9.46. The molecule has 0 radical (unpaired) electrons. The Bertz CT molecular complexity index is 685. The molecule has 7 nitrogen and oxygen atoms in total. The molecule has 2 aliphatic rings. The number of aromatic nitrogens is 2. The van der Waals surface area contributed by atoms with E-state index in [-0.39, 0.29) is 29.7 Å². The average Bonchev–Trinajstić information content (AvgIpc) is 3.05. The molecule has 1 aromatic heterocycles. The van der Waals surface area contributed by atoms with Gasteiger partial charge in [-0.25, -0.2) is 0 Å². The summed E-state index contributed by atoms with van der Waals surface area (Å²) >= 11 is 0. The van der Waals surface area contributed by atoms with Crippen LogP contribution in [0.2, 0.25) is 0 Å². The first kappa shape index (κ1) is 19.6. The van der Waals surface area contributed by atoms with E-state index in [0.29, 0.717) is 31.3 Å². The molecule has 0 N–H and O–H groups in total. The van der Waals surface area contributed by atoms with Crippen molar-refractivity contribution in [3.63, 3.8) is 0 Å². The lowest BCUT2D eigenvalue weighted by Gasteiger charge is -2.36. The Kier molecular flexibility index (Phi) is 6.29. The van der Waals surface area contributed by atoms with E-state index in [1.807, 2.05) is 18.7 Å². The Labute approximate surface area is 160 Å². The molecule has 148 valence electrons. The van der Waals surface area contributed by atoms with E-state index in [9.17, 15) is 9.59 Å². The number of rotatable bonds is 4. The van der Waals surface area contributed by atoms with E-state index >= 15 is 0 Å². The fourth-order valence-corrected chi connectivity index (χ4v) is 4.00. The molecule has 2 fully saturated rings. The molecular formula is C20H30N4O3. The first-order valence-electron chi connectivity index (χ1n) is 10.1.